The summed E-state index contributed by atoms with van der Waals surface area (Å²) in [6.45, 7) is 6.31. The average Bonchev–Trinajstić information content (AvgIpc) is 3.10. The number of aryl methyl sites for hydroxylation is 1. The minimum absolute atomic E-state index is 0.0458. The Morgan fingerprint density at radius 2 is 1.75 bits per heavy atom. The number of H-pyrrole nitrogens is 1. The zero-order valence-electron chi connectivity index (χ0n) is 16.1. The molecule has 0 saturated carbocycles. The van der Waals surface area contributed by atoms with E-state index in [1.807, 2.05) is 47.4 Å². The quantitative estimate of drug-likeness (QED) is 0.765. The van der Waals surface area contributed by atoms with Gasteiger partial charge in [-0.15, -0.1) is 0 Å². The molecule has 0 bridgehead atoms. The van der Waals surface area contributed by atoms with Gasteiger partial charge in [0.15, 0.2) is 0 Å². The number of anilines is 1. The van der Waals surface area contributed by atoms with Crippen molar-refractivity contribution >= 4 is 11.6 Å². The van der Waals surface area contributed by atoms with E-state index in [0.29, 0.717) is 17.9 Å². The molecule has 3 aromatic rings. The maximum Gasteiger partial charge on any atom is 0.272 e. The number of carbonyl (C=O) groups is 1. The Balaban J connectivity index is 1.52. The summed E-state index contributed by atoms with van der Waals surface area (Å²) in [5.74, 6) is -0.135. The van der Waals surface area contributed by atoms with E-state index in [0.717, 1.165) is 13.1 Å². The summed E-state index contributed by atoms with van der Waals surface area (Å²) in [5.41, 5.74) is 3.25. The SMILES string of the molecule is Cc1ccccc1N1CCN(C(=O)c2cc(=O)n(-c3ccccc3)[nH]2)[C@H](C)C1. The maximum atomic E-state index is 13.0. The predicted octanol–water partition coefficient (Wildman–Crippen LogP) is 2.82. The second-order valence-corrected chi connectivity index (χ2v) is 7.26. The number of nitrogens with zero attached hydrogens (tertiary/aromatic N) is 3. The molecule has 1 N–H and O–H groups in total. The van der Waals surface area contributed by atoms with E-state index >= 15 is 0 Å². The van der Waals surface area contributed by atoms with Crippen LogP contribution in [0.4, 0.5) is 5.69 Å². The highest BCUT2D eigenvalue weighted by Gasteiger charge is 2.29. The fraction of sp³-hybridized carbons (Fsp3) is 0.273. The number of hydrogen-bond acceptors (Lipinski definition) is 3. The first-order valence-electron chi connectivity index (χ1n) is 9.53. The average molecular weight is 376 g/mol. The van der Waals surface area contributed by atoms with Gasteiger partial charge in [0, 0.05) is 37.4 Å². The zero-order valence-corrected chi connectivity index (χ0v) is 16.1. The van der Waals surface area contributed by atoms with Gasteiger partial charge in [0.1, 0.15) is 5.69 Å². The molecule has 0 spiro atoms. The Labute approximate surface area is 164 Å². The maximum absolute atomic E-state index is 13.0. The second kappa shape index (κ2) is 7.38. The van der Waals surface area contributed by atoms with Gasteiger partial charge in [-0.05, 0) is 37.6 Å². The number of hydrogen-bond donors (Lipinski definition) is 1. The van der Waals surface area contributed by atoms with Crippen molar-refractivity contribution in [1.29, 1.82) is 0 Å². The van der Waals surface area contributed by atoms with Gasteiger partial charge < -0.3 is 9.80 Å². The lowest BCUT2D eigenvalue weighted by molar-refractivity contribution is 0.0667. The number of nitrogens with one attached hydrogen (secondary N) is 1. The van der Waals surface area contributed by atoms with Crippen molar-refractivity contribution in [3.8, 4) is 5.69 Å². The van der Waals surface area contributed by atoms with Crippen molar-refractivity contribution in [1.82, 2.24) is 14.7 Å². The third kappa shape index (κ3) is 3.33. The molecule has 1 aliphatic heterocycles. The highest BCUT2D eigenvalue weighted by atomic mass is 16.2. The van der Waals surface area contributed by atoms with Crippen molar-refractivity contribution in [3.63, 3.8) is 0 Å². The van der Waals surface area contributed by atoms with Crippen LogP contribution in [0.25, 0.3) is 5.69 Å². The largest absolute Gasteiger partial charge is 0.367 e. The van der Waals surface area contributed by atoms with Crippen LogP contribution in [0.3, 0.4) is 0 Å². The zero-order chi connectivity index (χ0) is 19.7. The number of aromatic amines is 1. The third-order valence-corrected chi connectivity index (χ3v) is 5.31. The van der Waals surface area contributed by atoms with Crippen molar-refractivity contribution in [2.24, 2.45) is 0 Å². The van der Waals surface area contributed by atoms with Gasteiger partial charge >= 0.3 is 0 Å². The number of benzene rings is 2. The smallest absolute Gasteiger partial charge is 0.272 e. The Morgan fingerprint density at radius 1 is 1.04 bits per heavy atom. The van der Waals surface area contributed by atoms with Crippen LogP contribution in [0.1, 0.15) is 23.0 Å². The molecule has 4 rings (SSSR count). The van der Waals surface area contributed by atoms with Gasteiger partial charge in [0.05, 0.1) is 5.69 Å². The lowest BCUT2D eigenvalue weighted by Gasteiger charge is -2.41. The number of amides is 1. The molecular formula is C22H24N4O2. The molecule has 6 nitrogen and oxygen atoms in total. The topological polar surface area (TPSA) is 61.3 Å². The fourth-order valence-corrected chi connectivity index (χ4v) is 3.83. The predicted molar refractivity (Wildman–Crippen MR) is 110 cm³/mol. The molecule has 6 heteroatoms. The first-order chi connectivity index (χ1) is 13.5. The number of para-hydroxylation sites is 2. The summed E-state index contributed by atoms with van der Waals surface area (Å²) in [4.78, 5) is 29.5. The molecule has 1 saturated heterocycles. The van der Waals surface area contributed by atoms with Crippen LogP contribution in [0, 0.1) is 6.92 Å². The van der Waals surface area contributed by atoms with E-state index in [-0.39, 0.29) is 17.5 Å². The molecule has 28 heavy (non-hydrogen) atoms. The van der Waals surface area contributed by atoms with Gasteiger partial charge in [0.2, 0.25) is 0 Å². The lowest BCUT2D eigenvalue weighted by atomic mass is 10.1. The van der Waals surface area contributed by atoms with Gasteiger partial charge in [0.25, 0.3) is 11.5 Å². The molecule has 2 heterocycles. The van der Waals surface area contributed by atoms with Crippen molar-refractivity contribution in [3.05, 3.63) is 82.3 Å². The van der Waals surface area contributed by atoms with Crippen LogP contribution in [0.5, 0.6) is 0 Å². The molecule has 0 radical (unpaired) electrons. The summed E-state index contributed by atoms with van der Waals surface area (Å²) in [6.07, 6.45) is 0. The number of piperazine rings is 1. The van der Waals surface area contributed by atoms with Gasteiger partial charge in [-0.25, -0.2) is 4.68 Å². The van der Waals surface area contributed by atoms with E-state index < -0.39 is 0 Å². The first kappa shape index (κ1) is 18.1. The highest BCUT2D eigenvalue weighted by molar-refractivity contribution is 5.92. The van der Waals surface area contributed by atoms with Crippen LogP contribution in [0.2, 0.25) is 0 Å². The second-order valence-electron chi connectivity index (χ2n) is 7.26. The van der Waals surface area contributed by atoms with E-state index in [4.69, 9.17) is 0 Å². The Morgan fingerprint density at radius 3 is 2.46 bits per heavy atom. The number of carbonyl (C=O) groups excluding carboxylic acids is 1. The molecule has 2 aromatic carbocycles. The number of aromatic nitrogens is 2. The molecular weight excluding hydrogens is 352 g/mol. The monoisotopic (exact) mass is 376 g/mol. The molecule has 1 amide bonds. The Kier molecular flexibility index (Phi) is 4.77. The summed E-state index contributed by atoms with van der Waals surface area (Å²) < 4.78 is 1.40. The molecule has 0 unspecified atom stereocenters. The fourth-order valence-electron chi connectivity index (χ4n) is 3.83. The molecule has 1 atom stereocenters. The minimum Gasteiger partial charge on any atom is -0.367 e. The third-order valence-electron chi connectivity index (χ3n) is 5.31. The van der Waals surface area contributed by atoms with Gasteiger partial charge in [-0.1, -0.05) is 36.4 Å². The molecule has 0 aliphatic carbocycles. The van der Waals surface area contributed by atoms with Crippen LogP contribution in [-0.4, -0.2) is 46.3 Å². The summed E-state index contributed by atoms with van der Waals surface area (Å²) >= 11 is 0. The summed E-state index contributed by atoms with van der Waals surface area (Å²) in [7, 11) is 0. The van der Waals surface area contributed by atoms with Crippen LogP contribution in [0.15, 0.2) is 65.5 Å². The molecule has 144 valence electrons. The van der Waals surface area contributed by atoms with Crippen molar-refractivity contribution < 1.29 is 4.79 Å². The van der Waals surface area contributed by atoms with E-state index in [2.05, 4.69) is 36.0 Å². The van der Waals surface area contributed by atoms with Crippen molar-refractivity contribution in [2.75, 3.05) is 24.5 Å². The Bertz CT molecular complexity index is 1040. The Hall–Kier alpha value is -3.28. The van der Waals surface area contributed by atoms with Crippen LogP contribution < -0.4 is 10.5 Å². The standard InChI is InChI=1S/C22H24N4O2/c1-16-8-6-7-11-20(16)24-12-13-25(17(2)15-24)22(28)19-14-21(27)26(23-19)18-9-4-3-5-10-18/h3-11,14,17,23H,12-13,15H2,1-2H3/t17-/m1/s1. The van der Waals surface area contributed by atoms with Crippen LogP contribution in [-0.2, 0) is 0 Å². The summed E-state index contributed by atoms with van der Waals surface area (Å²) in [6, 6.07) is 19.0. The normalized spacial score (nSPS) is 17.0. The summed E-state index contributed by atoms with van der Waals surface area (Å²) in [5, 5.41) is 2.97. The van der Waals surface area contributed by atoms with E-state index in [1.165, 1.54) is 22.0 Å². The lowest BCUT2D eigenvalue weighted by Crippen LogP contribution is -2.54. The minimum atomic E-state index is -0.235. The first-order valence-corrected chi connectivity index (χ1v) is 9.53. The molecule has 1 fully saturated rings. The van der Waals surface area contributed by atoms with Crippen LogP contribution >= 0.6 is 0 Å². The van der Waals surface area contributed by atoms with Gasteiger partial charge in [-0.3, -0.25) is 14.7 Å². The highest BCUT2D eigenvalue weighted by Crippen LogP contribution is 2.23. The number of rotatable bonds is 3. The van der Waals surface area contributed by atoms with E-state index in [9.17, 15) is 9.59 Å². The molecule has 1 aliphatic rings. The van der Waals surface area contributed by atoms with Crippen molar-refractivity contribution in [2.45, 2.75) is 19.9 Å². The van der Waals surface area contributed by atoms with Gasteiger partial charge in [-0.2, -0.15) is 0 Å². The van der Waals surface area contributed by atoms with E-state index in [1.54, 1.807) is 0 Å². The molecule has 1 aromatic heterocycles.